The van der Waals surface area contributed by atoms with Gasteiger partial charge in [0.05, 0.1) is 10.3 Å². The van der Waals surface area contributed by atoms with E-state index in [2.05, 4.69) is 0 Å². The highest BCUT2D eigenvalue weighted by Crippen LogP contribution is 2.27. The summed E-state index contributed by atoms with van der Waals surface area (Å²) in [6.07, 6.45) is 0.146. The first-order valence-electron chi connectivity index (χ1n) is 4.61. The molecule has 1 aromatic heterocycles. The number of hydrogen-bond acceptors (Lipinski definition) is 6. The highest BCUT2D eigenvalue weighted by molar-refractivity contribution is 7.16. The van der Waals surface area contributed by atoms with Crippen LogP contribution < -0.4 is 10.7 Å². The molecule has 2 rings (SSSR count). The van der Waals surface area contributed by atoms with Crippen LogP contribution in [0.2, 0.25) is 0 Å². The molecule has 0 amide bonds. The van der Waals surface area contributed by atoms with Gasteiger partial charge in [0.2, 0.25) is 0 Å². The average molecular weight is 239 g/mol. The second-order valence-electron chi connectivity index (χ2n) is 3.23. The fourth-order valence-corrected chi connectivity index (χ4v) is 2.08. The normalized spacial score (nSPS) is 10.8. The Kier molecular flexibility index (Phi) is 2.76. The van der Waals surface area contributed by atoms with Crippen molar-refractivity contribution < 1.29 is 14.3 Å². The van der Waals surface area contributed by atoms with Crippen molar-refractivity contribution in [2.45, 2.75) is 6.42 Å². The molecule has 0 saturated carbocycles. The molecule has 2 aromatic rings. The third-order valence-corrected chi connectivity index (χ3v) is 2.91. The Labute approximate surface area is 94.1 Å². The molecule has 6 heteroatoms. The van der Waals surface area contributed by atoms with Crippen molar-refractivity contribution in [3.8, 4) is 5.75 Å². The van der Waals surface area contributed by atoms with E-state index in [0.717, 1.165) is 11.3 Å². The second-order valence-corrected chi connectivity index (χ2v) is 4.21. The van der Waals surface area contributed by atoms with Gasteiger partial charge in [-0.05, 0) is 12.6 Å². The minimum atomic E-state index is -0.460. The molecule has 0 fully saturated rings. The second kappa shape index (κ2) is 4.07. The van der Waals surface area contributed by atoms with Gasteiger partial charge >= 0.3 is 4.94 Å². The summed E-state index contributed by atoms with van der Waals surface area (Å²) in [6, 6.07) is 2.73. The number of nitrogens with two attached hydrogens (primary N) is 1. The lowest BCUT2D eigenvalue weighted by Crippen LogP contribution is -2.08. The summed E-state index contributed by atoms with van der Waals surface area (Å²) < 4.78 is 5.38. The number of Topliss-reactive ketones (excluding diaryl/α,β-unsaturated/α-hetero) is 1. The summed E-state index contributed by atoms with van der Waals surface area (Å²) in [5, 5.41) is 9.62. The Hall–Kier alpha value is -1.66. The van der Waals surface area contributed by atoms with Crippen LogP contribution in [0.15, 0.2) is 21.3 Å². The standard InChI is InChI=1S/C10H9NO4S/c11-2-1-6(12)5-3-8-9(4-7(5)13)16-10(14)15-8/h3-4,13H,1-2,11H2. The Bertz CT molecular complexity index is 598. The van der Waals surface area contributed by atoms with Gasteiger partial charge in [-0.15, -0.1) is 0 Å². The summed E-state index contributed by atoms with van der Waals surface area (Å²) in [5.41, 5.74) is 5.71. The largest absolute Gasteiger partial charge is 0.507 e. The average Bonchev–Trinajstić information content (AvgIpc) is 2.56. The van der Waals surface area contributed by atoms with Gasteiger partial charge in [0.25, 0.3) is 0 Å². The van der Waals surface area contributed by atoms with Gasteiger partial charge in [-0.25, -0.2) is 4.79 Å². The van der Waals surface area contributed by atoms with Crippen molar-refractivity contribution in [3.63, 3.8) is 0 Å². The molecule has 0 aliphatic heterocycles. The molecule has 5 nitrogen and oxygen atoms in total. The minimum absolute atomic E-state index is 0.138. The van der Waals surface area contributed by atoms with E-state index in [1.54, 1.807) is 0 Å². The van der Waals surface area contributed by atoms with Gasteiger partial charge in [0.15, 0.2) is 11.4 Å². The number of aromatic hydroxyl groups is 1. The Balaban J connectivity index is 2.57. The van der Waals surface area contributed by atoms with Gasteiger partial charge in [-0.1, -0.05) is 11.3 Å². The number of phenols is 1. The van der Waals surface area contributed by atoms with Crippen molar-refractivity contribution in [2.75, 3.05) is 6.54 Å². The first-order valence-corrected chi connectivity index (χ1v) is 5.43. The maximum absolute atomic E-state index is 11.6. The molecule has 0 radical (unpaired) electrons. The van der Waals surface area contributed by atoms with Crippen molar-refractivity contribution in [1.29, 1.82) is 0 Å². The van der Waals surface area contributed by atoms with E-state index in [4.69, 9.17) is 10.2 Å². The summed E-state index contributed by atoms with van der Waals surface area (Å²) in [4.78, 5) is 22.1. The molecule has 16 heavy (non-hydrogen) atoms. The molecule has 1 heterocycles. The molecule has 84 valence electrons. The van der Waals surface area contributed by atoms with E-state index in [-0.39, 0.29) is 30.1 Å². The predicted molar refractivity (Wildman–Crippen MR) is 60.0 cm³/mol. The zero-order chi connectivity index (χ0) is 11.7. The van der Waals surface area contributed by atoms with Crippen molar-refractivity contribution in [1.82, 2.24) is 0 Å². The number of benzene rings is 1. The van der Waals surface area contributed by atoms with Gasteiger partial charge in [-0.2, -0.15) is 0 Å². The van der Waals surface area contributed by atoms with Crippen LogP contribution in [0.25, 0.3) is 10.3 Å². The van der Waals surface area contributed by atoms with Gasteiger partial charge in [-0.3, -0.25) is 4.79 Å². The van der Waals surface area contributed by atoms with Crippen LogP contribution in [0.3, 0.4) is 0 Å². The van der Waals surface area contributed by atoms with Crippen molar-refractivity contribution in [2.24, 2.45) is 5.73 Å². The molecule has 1 aromatic carbocycles. The van der Waals surface area contributed by atoms with Crippen molar-refractivity contribution >= 4 is 27.4 Å². The fourth-order valence-electron chi connectivity index (χ4n) is 1.40. The first kappa shape index (κ1) is 10.8. The van der Waals surface area contributed by atoms with Crippen LogP contribution in [0.4, 0.5) is 0 Å². The molecule has 0 saturated heterocycles. The topological polar surface area (TPSA) is 93.5 Å². The monoisotopic (exact) mass is 239 g/mol. The lowest BCUT2D eigenvalue weighted by Gasteiger charge is -2.01. The number of hydrogen-bond donors (Lipinski definition) is 2. The van der Waals surface area contributed by atoms with Crippen LogP contribution in [0, 0.1) is 0 Å². The quantitative estimate of drug-likeness (QED) is 0.782. The SMILES string of the molecule is NCCC(=O)c1cc2oc(=O)sc2cc1O. The van der Waals surface area contributed by atoms with Crippen LogP contribution in [0.1, 0.15) is 16.8 Å². The van der Waals surface area contributed by atoms with Crippen LogP contribution in [0.5, 0.6) is 5.75 Å². The Morgan fingerprint density at radius 1 is 1.50 bits per heavy atom. The van der Waals surface area contributed by atoms with Gasteiger partial charge < -0.3 is 15.3 Å². The van der Waals surface area contributed by atoms with E-state index in [0.29, 0.717) is 10.3 Å². The first-order chi connectivity index (χ1) is 7.61. The summed E-state index contributed by atoms with van der Waals surface area (Å²) in [7, 11) is 0. The smallest absolute Gasteiger partial charge is 0.396 e. The number of carbonyl (C=O) groups is 1. The lowest BCUT2D eigenvalue weighted by atomic mass is 10.1. The summed E-state index contributed by atoms with van der Waals surface area (Å²) in [5.74, 6) is -0.418. The highest BCUT2D eigenvalue weighted by atomic mass is 32.1. The number of carbonyl (C=O) groups excluding carboxylic acids is 1. The summed E-state index contributed by atoms with van der Waals surface area (Å²) in [6.45, 7) is 0.212. The highest BCUT2D eigenvalue weighted by Gasteiger charge is 2.14. The van der Waals surface area contributed by atoms with E-state index in [9.17, 15) is 14.7 Å². The third kappa shape index (κ3) is 1.84. The molecule has 0 aliphatic carbocycles. The maximum Gasteiger partial charge on any atom is 0.396 e. The van der Waals surface area contributed by atoms with E-state index >= 15 is 0 Å². The van der Waals surface area contributed by atoms with Crippen LogP contribution in [-0.2, 0) is 0 Å². The summed E-state index contributed by atoms with van der Waals surface area (Å²) >= 11 is 0.882. The molecule has 0 aliphatic rings. The zero-order valence-electron chi connectivity index (χ0n) is 8.23. The Morgan fingerprint density at radius 2 is 2.25 bits per heavy atom. The zero-order valence-corrected chi connectivity index (χ0v) is 9.04. The van der Waals surface area contributed by atoms with Crippen LogP contribution in [-0.4, -0.2) is 17.4 Å². The molecule has 0 bridgehead atoms. The number of rotatable bonds is 3. The molecule has 0 atom stereocenters. The molecule has 3 N–H and O–H groups in total. The van der Waals surface area contributed by atoms with E-state index in [1.807, 2.05) is 0 Å². The number of ketones is 1. The maximum atomic E-state index is 11.6. The fraction of sp³-hybridized carbons (Fsp3) is 0.200. The molecular formula is C10H9NO4S. The molecule has 0 unspecified atom stereocenters. The Morgan fingerprint density at radius 3 is 2.94 bits per heavy atom. The lowest BCUT2D eigenvalue weighted by molar-refractivity contribution is 0.0983. The van der Waals surface area contributed by atoms with Gasteiger partial charge in [0.1, 0.15) is 5.75 Å². The van der Waals surface area contributed by atoms with Gasteiger partial charge in [0, 0.05) is 12.5 Å². The predicted octanol–water partition coefficient (Wildman–Crippen LogP) is 1.09. The molecule has 0 spiro atoms. The van der Waals surface area contributed by atoms with E-state index < -0.39 is 4.94 Å². The van der Waals surface area contributed by atoms with Crippen LogP contribution >= 0.6 is 11.3 Å². The molecular weight excluding hydrogens is 230 g/mol. The van der Waals surface area contributed by atoms with Crippen molar-refractivity contribution in [3.05, 3.63) is 27.4 Å². The number of phenolic OH excluding ortho intramolecular Hbond substituents is 1. The third-order valence-electron chi connectivity index (χ3n) is 2.12. The number of fused-ring (bicyclic) bond motifs is 1. The van der Waals surface area contributed by atoms with E-state index in [1.165, 1.54) is 12.1 Å². The minimum Gasteiger partial charge on any atom is -0.507 e.